The molecule has 0 aromatic rings. The molecular formula is C67H114NO8+. The van der Waals surface area contributed by atoms with Gasteiger partial charge in [0, 0.05) is 12.8 Å². The normalized spacial score (nSPS) is 13.5. The van der Waals surface area contributed by atoms with Crippen molar-refractivity contribution < 1.29 is 42.9 Å². The van der Waals surface area contributed by atoms with E-state index in [0.717, 1.165) is 109 Å². The van der Waals surface area contributed by atoms with Gasteiger partial charge in [0.15, 0.2) is 6.10 Å². The summed E-state index contributed by atoms with van der Waals surface area (Å²) in [4.78, 5) is 37.3. The lowest BCUT2D eigenvalue weighted by Crippen LogP contribution is -2.40. The van der Waals surface area contributed by atoms with Crippen LogP contribution >= 0.6 is 0 Å². The zero-order valence-corrected chi connectivity index (χ0v) is 49.4. The summed E-state index contributed by atoms with van der Waals surface area (Å²) >= 11 is 0. The predicted molar refractivity (Wildman–Crippen MR) is 322 cm³/mol. The number of ether oxygens (including phenoxy) is 4. The van der Waals surface area contributed by atoms with Gasteiger partial charge in [-0.15, -0.1) is 0 Å². The number of aliphatic carboxylic acids is 1. The lowest BCUT2D eigenvalue weighted by molar-refractivity contribution is -0.870. The number of esters is 2. The van der Waals surface area contributed by atoms with Crippen LogP contribution < -0.4 is 0 Å². The van der Waals surface area contributed by atoms with Gasteiger partial charge in [0.1, 0.15) is 13.2 Å². The largest absolute Gasteiger partial charge is 0.477 e. The summed E-state index contributed by atoms with van der Waals surface area (Å²) < 4.78 is 22.8. The molecule has 0 aromatic heterocycles. The van der Waals surface area contributed by atoms with E-state index in [-0.39, 0.29) is 38.6 Å². The predicted octanol–water partition coefficient (Wildman–Crippen LogP) is 18.3. The second-order valence-electron chi connectivity index (χ2n) is 21.3. The average molecular weight is 1060 g/mol. The van der Waals surface area contributed by atoms with Gasteiger partial charge in [0.05, 0.1) is 34.4 Å². The summed E-state index contributed by atoms with van der Waals surface area (Å²) in [7, 11) is 5.96. The van der Waals surface area contributed by atoms with E-state index >= 15 is 0 Å². The summed E-state index contributed by atoms with van der Waals surface area (Å²) in [5.41, 5.74) is 0. The van der Waals surface area contributed by atoms with E-state index in [1.807, 2.05) is 21.1 Å². The van der Waals surface area contributed by atoms with Crippen LogP contribution in [0, 0.1) is 0 Å². The third-order valence-corrected chi connectivity index (χ3v) is 12.8. The second kappa shape index (κ2) is 57.1. The SMILES string of the molecule is CC/C=C\C/C=C\C/C=C\C/C=C\C/C=C\C/C=C\C/C=C\C/C=C\CCCCCCCCCCCCCCCCC(=O)OC(COC(=O)CCCCCCC/C=C\CCCCC)COC(OCC[N+](C)(C)C)C(=O)O. The number of carbonyl (C=O) groups excluding carboxylic acids is 2. The van der Waals surface area contributed by atoms with E-state index in [4.69, 9.17) is 18.9 Å². The van der Waals surface area contributed by atoms with Crippen LogP contribution in [-0.2, 0) is 33.3 Å². The van der Waals surface area contributed by atoms with Crippen LogP contribution in [0.1, 0.15) is 239 Å². The van der Waals surface area contributed by atoms with Crippen LogP contribution in [0.5, 0.6) is 0 Å². The molecule has 2 unspecified atom stereocenters. The van der Waals surface area contributed by atoms with Crippen LogP contribution in [-0.4, -0.2) is 87.4 Å². The summed E-state index contributed by atoms with van der Waals surface area (Å²) in [5.74, 6) is -2.02. The van der Waals surface area contributed by atoms with Crippen molar-refractivity contribution in [3.8, 4) is 0 Å². The first-order valence-corrected chi connectivity index (χ1v) is 30.6. The maximum Gasteiger partial charge on any atom is 0.361 e. The van der Waals surface area contributed by atoms with Gasteiger partial charge in [0.2, 0.25) is 0 Å². The number of nitrogens with zero attached hydrogens (tertiary/aromatic N) is 1. The standard InChI is InChI=1S/C67H113NO8/c1-6-8-10-12-14-16-18-20-21-22-23-24-25-26-27-28-29-30-31-32-33-34-35-36-37-38-39-40-41-42-43-44-45-46-48-50-52-54-56-58-65(70)76-63(62-75-67(66(71)72)73-60-59-68(3,4)5)61-74-64(69)57-55-53-51-49-47-19-17-15-13-11-9-7-2/h8,10,14-17,20-21,23-24,26-27,29-30,32-33,35-36,63,67H,6-7,9,11-13,18-19,22,25,28,31,34,37-62H2,1-5H3/p+1/b10-8-,16-14-,17-15-,21-20-,24-23-,27-26-,30-29-,33-32-,36-35-. The Morgan fingerprint density at radius 3 is 1.13 bits per heavy atom. The Morgan fingerprint density at radius 1 is 0.408 bits per heavy atom. The molecule has 0 spiro atoms. The van der Waals surface area contributed by atoms with Gasteiger partial charge >= 0.3 is 17.9 Å². The van der Waals surface area contributed by atoms with Crippen molar-refractivity contribution in [3.63, 3.8) is 0 Å². The highest BCUT2D eigenvalue weighted by Gasteiger charge is 2.25. The maximum atomic E-state index is 12.9. The molecule has 0 aliphatic heterocycles. The molecule has 0 heterocycles. The third-order valence-electron chi connectivity index (χ3n) is 12.8. The first-order chi connectivity index (χ1) is 37.1. The molecule has 0 rings (SSSR count). The van der Waals surface area contributed by atoms with Gasteiger partial charge in [-0.05, 0) is 103 Å². The summed E-state index contributed by atoms with van der Waals surface area (Å²) in [6, 6.07) is 0. The van der Waals surface area contributed by atoms with E-state index in [9.17, 15) is 19.5 Å². The van der Waals surface area contributed by atoms with Crippen molar-refractivity contribution in [2.75, 3.05) is 47.5 Å². The highest BCUT2D eigenvalue weighted by atomic mass is 16.7. The van der Waals surface area contributed by atoms with Crippen molar-refractivity contribution in [1.82, 2.24) is 0 Å². The van der Waals surface area contributed by atoms with Crippen LogP contribution in [0.4, 0.5) is 0 Å². The lowest BCUT2D eigenvalue weighted by atomic mass is 10.0. The highest BCUT2D eigenvalue weighted by Crippen LogP contribution is 2.16. The number of carboxylic acids is 1. The van der Waals surface area contributed by atoms with Crippen LogP contribution in [0.25, 0.3) is 0 Å². The van der Waals surface area contributed by atoms with E-state index in [1.54, 1.807) is 0 Å². The number of carbonyl (C=O) groups is 3. The highest BCUT2D eigenvalue weighted by molar-refractivity contribution is 5.71. The number of unbranched alkanes of at least 4 members (excludes halogenated alkanes) is 22. The van der Waals surface area contributed by atoms with Crippen LogP contribution in [0.2, 0.25) is 0 Å². The Balaban J connectivity index is 4.06. The molecule has 434 valence electrons. The minimum Gasteiger partial charge on any atom is -0.477 e. The summed E-state index contributed by atoms with van der Waals surface area (Å²) in [6.07, 6.45) is 76.2. The Morgan fingerprint density at radius 2 is 0.750 bits per heavy atom. The smallest absolute Gasteiger partial charge is 0.361 e. The number of quaternary nitrogens is 1. The first kappa shape index (κ1) is 72.0. The van der Waals surface area contributed by atoms with Gasteiger partial charge in [-0.1, -0.05) is 232 Å². The molecule has 0 fully saturated rings. The van der Waals surface area contributed by atoms with Crippen molar-refractivity contribution in [1.29, 1.82) is 0 Å². The molecule has 76 heavy (non-hydrogen) atoms. The summed E-state index contributed by atoms with van der Waals surface area (Å²) in [5, 5.41) is 9.69. The molecule has 0 saturated carbocycles. The second-order valence-corrected chi connectivity index (χ2v) is 21.3. The number of hydrogen-bond donors (Lipinski definition) is 1. The van der Waals surface area contributed by atoms with Gasteiger partial charge in [-0.25, -0.2) is 4.79 Å². The maximum absolute atomic E-state index is 12.9. The minimum atomic E-state index is -1.51. The molecule has 9 nitrogen and oxygen atoms in total. The van der Waals surface area contributed by atoms with E-state index in [1.165, 1.54) is 96.3 Å². The Bertz CT molecular complexity index is 1610. The first-order valence-electron chi connectivity index (χ1n) is 30.6. The van der Waals surface area contributed by atoms with E-state index < -0.39 is 24.3 Å². The fraction of sp³-hybridized carbons (Fsp3) is 0.687. The molecule has 0 saturated heterocycles. The molecule has 2 atom stereocenters. The van der Waals surface area contributed by atoms with Crippen LogP contribution in [0.15, 0.2) is 109 Å². The van der Waals surface area contributed by atoms with Gasteiger partial charge in [-0.3, -0.25) is 9.59 Å². The van der Waals surface area contributed by atoms with Gasteiger partial charge in [0.25, 0.3) is 6.29 Å². The quantitative estimate of drug-likeness (QED) is 0.0211. The molecule has 1 N–H and O–H groups in total. The number of carboxylic acid groups (broad SMARTS) is 1. The molecule has 0 aromatic carbocycles. The molecule has 0 amide bonds. The lowest BCUT2D eigenvalue weighted by Gasteiger charge is -2.25. The molecule has 0 bridgehead atoms. The average Bonchev–Trinajstić information content (AvgIpc) is 3.39. The summed E-state index contributed by atoms with van der Waals surface area (Å²) in [6.45, 7) is 4.72. The van der Waals surface area contributed by atoms with Crippen molar-refractivity contribution >= 4 is 17.9 Å². The molecule has 0 aliphatic rings. The topological polar surface area (TPSA) is 108 Å². The fourth-order valence-electron chi connectivity index (χ4n) is 8.08. The Kier molecular flexibility index (Phi) is 54.1. The zero-order chi connectivity index (χ0) is 55.5. The van der Waals surface area contributed by atoms with Crippen molar-refractivity contribution in [3.05, 3.63) is 109 Å². The number of allylic oxidation sites excluding steroid dienone is 18. The number of rotatable bonds is 55. The number of likely N-dealkylation sites (N-methyl/N-ethyl adjacent to an activating group) is 1. The molecular weight excluding hydrogens is 947 g/mol. The zero-order valence-electron chi connectivity index (χ0n) is 49.4. The van der Waals surface area contributed by atoms with Gasteiger partial charge in [-0.2, -0.15) is 0 Å². The third kappa shape index (κ3) is 57.7. The van der Waals surface area contributed by atoms with Gasteiger partial charge < -0.3 is 28.5 Å². The van der Waals surface area contributed by atoms with Crippen molar-refractivity contribution in [2.24, 2.45) is 0 Å². The van der Waals surface area contributed by atoms with Crippen LogP contribution in [0.3, 0.4) is 0 Å². The molecule has 0 radical (unpaired) electrons. The fourth-order valence-corrected chi connectivity index (χ4v) is 8.08. The molecule has 9 heteroatoms. The van der Waals surface area contributed by atoms with E-state index in [2.05, 4.69) is 123 Å². The minimum absolute atomic E-state index is 0.183. The Hall–Kier alpha value is -4.05. The van der Waals surface area contributed by atoms with Crippen molar-refractivity contribution in [2.45, 2.75) is 251 Å². The molecule has 0 aliphatic carbocycles. The monoisotopic (exact) mass is 1060 g/mol. The number of hydrogen-bond acceptors (Lipinski definition) is 7. The Labute approximate surface area is 466 Å². The van der Waals surface area contributed by atoms with E-state index in [0.29, 0.717) is 17.4 Å².